The number of aromatic amines is 1. The number of aromatic nitrogens is 2. The number of fused-ring (bicyclic) bond motifs is 3. The number of ether oxygens (including phenoxy) is 2. The third-order valence-corrected chi connectivity index (χ3v) is 3.73. The van der Waals surface area contributed by atoms with E-state index in [1.54, 1.807) is 27.2 Å². The lowest BCUT2D eigenvalue weighted by Crippen LogP contribution is -2.15. The number of carbonyl (C=O) groups excluding carboxylic acids is 1. The first-order valence-electron chi connectivity index (χ1n) is 7.65. The summed E-state index contributed by atoms with van der Waals surface area (Å²) in [5.74, 6) is 2.18. The summed E-state index contributed by atoms with van der Waals surface area (Å²) in [6.45, 7) is 3.86. The molecular weight excluding hydrogens is 304 g/mol. The van der Waals surface area contributed by atoms with Gasteiger partial charge >= 0.3 is 5.97 Å². The second-order valence-corrected chi connectivity index (χ2v) is 5.79. The van der Waals surface area contributed by atoms with E-state index in [2.05, 4.69) is 15.9 Å². The van der Waals surface area contributed by atoms with E-state index in [0.717, 1.165) is 27.4 Å². The molecule has 0 atom stereocenters. The molecule has 0 aliphatic heterocycles. The Balaban J connectivity index is 2.31. The highest BCUT2D eigenvalue weighted by Crippen LogP contribution is 2.31. The Morgan fingerprint density at radius 3 is 2.83 bits per heavy atom. The SMILES string of the molecule is C#Cc1ccc2[nH]c3cnc(C(=O)OC(C)C)c(COC)c3c2c1. The number of esters is 1. The Kier molecular flexibility index (Phi) is 4.24. The number of nitrogens with zero attached hydrogens (tertiary/aromatic N) is 1. The van der Waals surface area contributed by atoms with E-state index in [1.165, 1.54) is 0 Å². The summed E-state index contributed by atoms with van der Waals surface area (Å²) in [5, 5.41) is 1.82. The zero-order valence-electron chi connectivity index (χ0n) is 13.8. The van der Waals surface area contributed by atoms with Crippen LogP contribution in [0.15, 0.2) is 24.4 Å². The van der Waals surface area contributed by atoms with Crippen LogP contribution in [0.2, 0.25) is 0 Å². The number of nitrogens with one attached hydrogen (secondary N) is 1. The van der Waals surface area contributed by atoms with Gasteiger partial charge in [0.25, 0.3) is 0 Å². The van der Waals surface area contributed by atoms with E-state index in [4.69, 9.17) is 15.9 Å². The fourth-order valence-corrected chi connectivity index (χ4v) is 2.78. The molecule has 0 amide bonds. The maximum absolute atomic E-state index is 12.4. The van der Waals surface area contributed by atoms with Gasteiger partial charge in [-0.1, -0.05) is 5.92 Å². The topological polar surface area (TPSA) is 64.2 Å². The van der Waals surface area contributed by atoms with Crippen molar-refractivity contribution in [3.05, 3.63) is 41.2 Å². The number of H-pyrrole nitrogens is 1. The number of terminal acetylenes is 1. The van der Waals surface area contributed by atoms with Crippen LogP contribution in [-0.4, -0.2) is 29.2 Å². The fraction of sp³-hybridized carbons (Fsp3) is 0.263. The van der Waals surface area contributed by atoms with Gasteiger partial charge in [0.05, 0.1) is 24.4 Å². The van der Waals surface area contributed by atoms with Crippen molar-refractivity contribution in [2.24, 2.45) is 0 Å². The van der Waals surface area contributed by atoms with E-state index < -0.39 is 5.97 Å². The van der Waals surface area contributed by atoms with Gasteiger partial charge < -0.3 is 14.5 Å². The molecule has 5 heteroatoms. The van der Waals surface area contributed by atoms with Crippen molar-refractivity contribution in [2.75, 3.05) is 7.11 Å². The van der Waals surface area contributed by atoms with Gasteiger partial charge in [0.2, 0.25) is 0 Å². The minimum absolute atomic E-state index is 0.221. The molecule has 122 valence electrons. The zero-order chi connectivity index (χ0) is 17.3. The summed E-state index contributed by atoms with van der Waals surface area (Å²) in [6, 6.07) is 5.72. The molecule has 0 saturated heterocycles. The lowest BCUT2D eigenvalue weighted by molar-refractivity contribution is 0.0366. The molecule has 3 aromatic rings. The van der Waals surface area contributed by atoms with Crippen molar-refractivity contribution < 1.29 is 14.3 Å². The molecule has 0 fully saturated rings. The third kappa shape index (κ3) is 2.72. The maximum Gasteiger partial charge on any atom is 0.357 e. The van der Waals surface area contributed by atoms with Gasteiger partial charge in [-0.3, -0.25) is 0 Å². The van der Waals surface area contributed by atoms with Gasteiger partial charge in [0.15, 0.2) is 5.69 Å². The average molecular weight is 322 g/mol. The van der Waals surface area contributed by atoms with Crippen molar-refractivity contribution in [1.29, 1.82) is 0 Å². The second-order valence-electron chi connectivity index (χ2n) is 5.79. The minimum Gasteiger partial charge on any atom is -0.458 e. The van der Waals surface area contributed by atoms with E-state index in [-0.39, 0.29) is 18.4 Å². The van der Waals surface area contributed by atoms with Gasteiger partial charge in [0, 0.05) is 34.5 Å². The molecular formula is C19H18N2O3. The predicted molar refractivity (Wildman–Crippen MR) is 92.8 cm³/mol. The molecule has 1 aromatic carbocycles. The van der Waals surface area contributed by atoms with Crippen LogP contribution in [0.1, 0.15) is 35.5 Å². The summed E-state index contributed by atoms with van der Waals surface area (Å²) in [6.07, 6.45) is 6.93. The fourth-order valence-electron chi connectivity index (χ4n) is 2.78. The quantitative estimate of drug-likeness (QED) is 0.590. The molecule has 0 radical (unpaired) electrons. The van der Waals surface area contributed by atoms with E-state index in [1.807, 2.05) is 18.2 Å². The second kappa shape index (κ2) is 6.34. The summed E-state index contributed by atoms with van der Waals surface area (Å²) >= 11 is 0. The number of hydrogen-bond acceptors (Lipinski definition) is 4. The summed E-state index contributed by atoms with van der Waals surface area (Å²) in [7, 11) is 1.58. The van der Waals surface area contributed by atoms with Crippen molar-refractivity contribution >= 4 is 27.8 Å². The van der Waals surface area contributed by atoms with Crippen LogP contribution in [0.5, 0.6) is 0 Å². The highest BCUT2D eigenvalue weighted by atomic mass is 16.5. The highest BCUT2D eigenvalue weighted by molar-refractivity contribution is 6.11. The van der Waals surface area contributed by atoms with Crippen molar-refractivity contribution in [3.63, 3.8) is 0 Å². The molecule has 2 heterocycles. The van der Waals surface area contributed by atoms with Gasteiger partial charge in [-0.2, -0.15) is 0 Å². The summed E-state index contributed by atoms with van der Waals surface area (Å²) in [4.78, 5) is 20.0. The van der Waals surface area contributed by atoms with E-state index in [0.29, 0.717) is 5.56 Å². The molecule has 1 N–H and O–H groups in total. The number of hydrogen-bond donors (Lipinski definition) is 1. The number of rotatable bonds is 4. The number of benzene rings is 1. The number of carbonyl (C=O) groups is 1. The van der Waals surface area contributed by atoms with Gasteiger partial charge in [-0.25, -0.2) is 9.78 Å². The van der Waals surface area contributed by atoms with Crippen LogP contribution >= 0.6 is 0 Å². The van der Waals surface area contributed by atoms with Crippen molar-refractivity contribution in [3.8, 4) is 12.3 Å². The Bertz CT molecular complexity index is 964. The largest absolute Gasteiger partial charge is 0.458 e. The van der Waals surface area contributed by atoms with Crippen molar-refractivity contribution in [1.82, 2.24) is 9.97 Å². The Labute approximate surface area is 140 Å². The number of pyridine rings is 1. The standard InChI is InChI=1S/C19H18N2O3/c1-5-12-6-7-15-13(8-12)17-14(10-23-4)18(19(22)24-11(2)3)20-9-16(17)21-15/h1,6-9,11,21H,10H2,2-4H3. The van der Waals surface area contributed by atoms with Gasteiger partial charge in [-0.15, -0.1) is 6.42 Å². The summed E-state index contributed by atoms with van der Waals surface area (Å²) in [5.41, 5.74) is 3.49. The third-order valence-electron chi connectivity index (χ3n) is 3.73. The molecule has 5 nitrogen and oxygen atoms in total. The zero-order valence-corrected chi connectivity index (χ0v) is 13.8. The highest BCUT2D eigenvalue weighted by Gasteiger charge is 2.21. The van der Waals surface area contributed by atoms with Gasteiger partial charge in [0.1, 0.15) is 0 Å². The predicted octanol–water partition coefficient (Wildman–Crippen LogP) is 3.41. The minimum atomic E-state index is -0.457. The molecule has 0 aliphatic rings. The molecule has 0 unspecified atom stereocenters. The maximum atomic E-state index is 12.4. The van der Waals surface area contributed by atoms with Gasteiger partial charge in [-0.05, 0) is 32.0 Å². The Morgan fingerprint density at radius 2 is 2.17 bits per heavy atom. The van der Waals surface area contributed by atoms with Crippen LogP contribution in [-0.2, 0) is 16.1 Å². The monoisotopic (exact) mass is 322 g/mol. The van der Waals surface area contributed by atoms with Crippen LogP contribution in [0.3, 0.4) is 0 Å². The molecule has 0 saturated carbocycles. The van der Waals surface area contributed by atoms with E-state index in [9.17, 15) is 4.79 Å². The normalized spacial score (nSPS) is 11.1. The van der Waals surface area contributed by atoms with Crippen molar-refractivity contribution in [2.45, 2.75) is 26.6 Å². The first kappa shape index (κ1) is 16.0. The molecule has 0 aliphatic carbocycles. The first-order valence-corrected chi connectivity index (χ1v) is 7.65. The smallest absolute Gasteiger partial charge is 0.357 e. The molecule has 24 heavy (non-hydrogen) atoms. The van der Waals surface area contributed by atoms with Crippen LogP contribution < -0.4 is 0 Å². The van der Waals surface area contributed by atoms with E-state index >= 15 is 0 Å². The first-order chi connectivity index (χ1) is 11.5. The Hall–Kier alpha value is -2.84. The van der Waals surface area contributed by atoms with Crippen LogP contribution in [0.25, 0.3) is 21.8 Å². The van der Waals surface area contributed by atoms with Crippen LogP contribution in [0.4, 0.5) is 0 Å². The number of methoxy groups -OCH3 is 1. The molecule has 3 rings (SSSR count). The average Bonchev–Trinajstić information content (AvgIpc) is 2.92. The lowest BCUT2D eigenvalue weighted by Gasteiger charge is -2.11. The van der Waals surface area contributed by atoms with Crippen LogP contribution in [0, 0.1) is 12.3 Å². The molecule has 0 spiro atoms. The summed E-state index contributed by atoms with van der Waals surface area (Å²) < 4.78 is 10.6. The lowest BCUT2D eigenvalue weighted by atomic mass is 10.0. The molecule has 0 bridgehead atoms. The molecule has 2 aromatic heterocycles. The Morgan fingerprint density at radius 1 is 1.38 bits per heavy atom.